The van der Waals surface area contributed by atoms with Gasteiger partial charge in [-0.15, -0.1) is 4.99 Å². The van der Waals surface area contributed by atoms with Crippen molar-refractivity contribution in [2.45, 2.75) is 19.4 Å². The van der Waals surface area contributed by atoms with Crippen LogP contribution in [0.5, 0.6) is 0 Å². The summed E-state index contributed by atoms with van der Waals surface area (Å²) in [5.41, 5.74) is -0.0725. The van der Waals surface area contributed by atoms with Crippen LogP contribution in [-0.2, 0) is 4.74 Å². The highest BCUT2D eigenvalue weighted by molar-refractivity contribution is 8.13. The van der Waals surface area contributed by atoms with Crippen molar-refractivity contribution < 1.29 is 4.74 Å². The largest absolute Gasteiger partial charge is 0.377 e. The maximum absolute atomic E-state index is 8.56. The number of nitrogens with zero attached hydrogens (tertiary/aromatic N) is 3. The highest BCUT2D eigenvalue weighted by Crippen LogP contribution is 2.22. The minimum atomic E-state index is -0.0725. The lowest BCUT2D eigenvalue weighted by atomic mass is 10.0. The van der Waals surface area contributed by atoms with E-state index in [4.69, 9.17) is 10.00 Å². The van der Waals surface area contributed by atoms with Crippen molar-refractivity contribution in [2.75, 3.05) is 26.0 Å². The topological polar surface area (TPSA) is 48.6 Å². The van der Waals surface area contributed by atoms with E-state index in [0.717, 1.165) is 11.7 Å². The molecule has 0 spiro atoms. The fraction of sp³-hybridized carbons (Fsp3) is 0.778. The summed E-state index contributed by atoms with van der Waals surface area (Å²) in [6.45, 7) is 6.37. The van der Waals surface area contributed by atoms with Gasteiger partial charge in [0.2, 0.25) is 6.19 Å². The van der Waals surface area contributed by atoms with E-state index in [1.807, 2.05) is 12.4 Å². The molecule has 0 aliphatic carbocycles. The second kappa shape index (κ2) is 4.67. The van der Waals surface area contributed by atoms with Crippen LogP contribution in [0.15, 0.2) is 4.99 Å². The Morgan fingerprint density at radius 3 is 2.86 bits per heavy atom. The lowest BCUT2D eigenvalue weighted by molar-refractivity contribution is -0.0133. The molecule has 0 unspecified atom stereocenters. The summed E-state index contributed by atoms with van der Waals surface area (Å²) in [5.74, 6) is 0. The second-order valence-electron chi connectivity index (χ2n) is 3.72. The van der Waals surface area contributed by atoms with Crippen LogP contribution in [0.1, 0.15) is 13.8 Å². The van der Waals surface area contributed by atoms with E-state index < -0.39 is 0 Å². The Kier molecular flexibility index (Phi) is 3.78. The number of thioether (sulfide) groups is 1. The lowest BCUT2D eigenvalue weighted by Gasteiger charge is -2.43. The van der Waals surface area contributed by atoms with E-state index in [0.29, 0.717) is 13.2 Å². The van der Waals surface area contributed by atoms with Crippen molar-refractivity contribution in [3.05, 3.63) is 0 Å². The average molecular weight is 213 g/mol. The summed E-state index contributed by atoms with van der Waals surface area (Å²) >= 11 is 1.50. The number of nitriles is 1. The SMILES string of the molecule is CSC(=NC#N)N1CCOCC1(C)C. The second-order valence-corrected chi connectivity index (χ2v) is 4.49. The molecule has 1 saturated heterocycles. The molecular formula is C9H15N3OS. The Morgan fingerprint density at radius 1 is 1.64 bits per heavy atom. The van der Waals surface area contributed by atoms with Crippen LogP contribution in [0, 0.1) is 11.5 Å². The third-order valence-corrected chi connectivity index (χ3v) is 2.88. The van der Waals surface area contributed by atoms with Crippen LogP contribution < -0.4 is 0 Å². The first kappa shape index (κ1) is 11.3. The maximum atomic E-state index is 8.56. The first-order valence-corrected chi connectivity index (χ1v) is 5.70. The zero-order valence-electron chi connectivity index (χ0n) is 8.78. The average Bonchev–Trinajstić information content (AvgIpc) is 2.14. The maximum Gasteiger partial charge on any atom is 0.208 e. The van der Waals surface area contributed by atoms with Gasteiger partial charge in [-0.25, -0.2) is 0 Å². The summed E-state index contributed by atoms with van der Waals surface area (Å²) in [6, 6.07) is 0. The molecule has 5 heteroatoms. The number of rotatable bonds is 0. The predicted octanol–water partition coefficient (Wildman–Crippen LogP) is 1.30. The predicted molar refractivity (Wildman–Crippen MR) is 58.2 cm³/mol. The van der Waals surface area contributed by atoms with Gasteiger partial charge in [0.1, 0.15) is 0 Å². The molecular weight excluding hydrogens is 198 g/mol. The van der Waals surface area contributed by atoms with Gasteiger partial charge in [0.25, 0.3) is 0 Å². The first-order chi connectivity index (χ1) is 6.61. The molecule has 0 atom stereocenters. The van der Waals surface area contributed by atoms with Crippen molar-refractivity contribution in [3.63, 3.8) is 0 Å². The van der Waals surface area contributed by atoms with Crippen molar-refractivity contribution in [1.82, 2.24) is 4.90 Å². The molecule has 0 radical (unpaired) electrons. The van der Waals surface area contributed by atoms with Gasteiger partial charge in [0.15, 0.2) is 5.17 Å². The summed E-state index contributed by atoms with van der Waals surface area (Å²) in [6.07, 6.45) is 3.77. The smallest absolute Gasteiger partial charge is 0.208 e. The van der Waals surface area contributed by atoms with E-state index in [1.165, 1.54) is 11.8 Å². The van der Waals surface area contributed by atoms with Crippen LogP contribution in [0.3, 0.4) is 0 Å². The highest BCUT2D eigenvalue weighted by Gasteiger charge is 2.32. The molecule has 4 nitrogen and oxygen atoms in total. The van der Waals surface area contributed by atoms with E-state index in [1.54, 1.807) is 0 Å². The molecule has 0 aromatic heterocycles. The minimum absolute atomic E-state index is 0.0725. The van der Waals surface area contributed by atoms with Gasteiger partial charge in [0.05, 0.1) is 18.8 Å². The van der Waals surface area contributed by atoms with E-state index >= 15 is 0 Å². The number of morpholine rings is 1. The molecule has 0 amide bonds. The van der Waals surface area contributed by atoms with Gasteiger partial charge < -0.3 is 9.64 Å². The Labute approximate surface area is 88.9 Å². The van der Waals surface area contributed by atoms with Crippen LogP contribution in [0.4, 0.5) is 0 Å². The monoisotopic (exact) mass is 213 g/mol. The molecule has 0 bridgehead atoms. The standard InChI is InChI=1S/C9H15N3OS/c1-9(2)6-13-5-4-12(9)8(14-3)11-7-10/h4-6H2,1-3H3. The van der Waals surface area contributed by atoms with Crippen molar-refractivity contribution in [1.29, 1.82) is 5.26 Å². The molecule has 0 N–H and O–H groups in total. The summed E-state index contributed by atoms with van der Waals surface area (Å²) in [5, 5.41) is 9.34. The zero-order chi connectivity index (χ0) is 10.6. The van der Waals surface area contributed by atoms with E-state index in [2.05, 4.69) is 23.7 Å². The molecule has 14 heavy (non-hydrogen) atoms. The van der Waals surface area contributed by atoms with E-state index in [-0.39, 0.29) is 5.54 Å². The number of aliphatic imine (C=N–C) groups is 1. The van der Waals surface area contributed by atoms with Gasteiger partial charge in [-0.05, 0) is 20.1 Å². The van der Waals surface area contributed by atoms with Crippen molar-refractivity contribution >= 4 is 16.9 Å². The van der Waals surface area contributed by atoms with Gasteiger partial charge in [-0.1, -0.05) is 11.8 Å². The summed E-state index contributed by atoms with van der Waals surface area (Å²) in [7, 11) is 0. The Balaban J connectivity index is 2.83. The van der Waals surface area contributed by atoms with Crippen molar-refractivity contribution in [2.24, 2.45) is 4.99 Å². The Morgan fingerprint density at radius 2 is 2.36 bits per heavy atom. The molecule has 0 aromatic rings. The van der Waals surface area contributed by atoms with E-state index in [9.17, 15) is 0 Å². The quantitative estimate of drug-likeness (QED) is 0.346. The van der Waals surface area contributed by atoms with Gasteiger partial charge in [-0.3, -0.25) is 0 Å². The molecule has 1 aliphatic rings. The van der Waals surface area contributed by atoms with Gasteiger partial charge in [-0.2, -0.15) is 5.26 Å². The number of ether oxygens (including phenoxy) is 1. The molecule has 0 saturated carbocycles. The Hall–Kier alpha value is -0.730. The molecule has 1 rings (SSSR count). The van der Waals surface area contributed by atoms with Crippen LogP contribution >= 0.6 is 11.8 Å². The molecule has 1 aliphatic heterocycles. The fourth-order valence-corrected chi connectivity index (χ4v) is 2.16. The van der Waals surface area contributed by atoms with Gasteiger partial charge >= 0.3 is 0 Å². The fourth-order valence-electron chi connectivity index (χ4n) is 1.47. The van der Waals surface area contributed by atoms with Gasteiger partial charge in [0, 0.05) is 6.54 Å². The van der Waals surface area contributed by atoms with Crippen LogP contribution in [0.2, 0.25) is 0 Å². The first-order valence-electron chi connectivity index (χ1n) is 4.48. The number of hydrogen-bond acceptors (Lipinski definition) is 4. The van der Waals surface area contributed by atoms with Crippen molar-refractivity contribution in [3.8, 4) is 6.19 Å². The van der Waals surface area contributed by atoms with Crippen LogP contribution in [0.25, 0.3) is 0 Å². The molecule has 1 fully saturated rings. The normalized spacial score (nSPS) is 21.9. The third kappa shape index (κ3) is 2.40. The Bertz CT molecular complexity index is 270. The number of amidine groups is 1. The molecule has 1 heterocycles. The zero-order valence-corrected chi connectivity index (χ0v) is 9.60. The molecule has 0 aromatic carbocycles. The minimum Gasteiger partial charge on any atom is -0.377 e. The lowest BCUT2D eigenvalue weighted by Crippen LogP contribution is -2.54. The number of hydrogen-bond donors (Lipinski definition) is 0. The summed E-state index contributed by atoms with van der Waals surface area (Å²) in [4.78, 5) is 5.95. The van der Waals surface area contributed by atoms with Crippen LogP contribution in [-0.4, -0.2) is 41.6 Å². The third-order valence-electron chi connectivity index (χ3n) is 2.20. The highest BCUT2D eigenvalue weighted by atomic mass is 32.2. The summed E-state index contributed by atoms with van der Waals surface area (Å²) < 4.78 is 5.40. The molecule has 78 valence electrons.